The maximum Gasteiger partial charge on any atom is 0.270 e. The Morgan fingerprint density at radius 3 is 2.55 bits per heavy atom. The molecule has 0 bridgehead atoms. The highest BCUT2D eigenvalue weighted by atomic mass is 32.2. The largest absolute Gasteiger partial charge is 0.385 e. The van der Waals surface area contributed by atoms with Gasteiger partial charge in [-0.1, -0.05) is 54.3 Å². The van der Waals surface area contributed by atoms with Gasteiger partial charge in [0.25, 0.3) is 11.5 Å². The van der Waals surface area contributed by atoms with E-state index in [-0.39, 0.29) is 17.0 Å². The van der Waals surface area contributed by atoms with Crippen molar-refractivity contribution in [3.05, 3.63) is 67.8 Å². The normalized spacial score (nSPS) is 17.5. The van der Waals surface area contributed by atoms with Gasteiger partial charge in [-0.05, 0) is 62.7 Å². The highest BCUT2D eigenvalue weighted by Gasteiger charge is 2.33. The Morgan fingerprint density at radius 1 is 1.21 bits per heavy atom. The summed E-state index contributed by atoms with van der Waals surface area (Å²) in [5.41, 5.74) is 2.54. The zero-order valence-electron chi connectivity index (χ0n) is 22.2. The third kappa shape index (κ3) is 5.88. The van der Waals surface area contributed by atoms with Gasteiger partial charge >= 0.3 is 0 Å². The Bertz CT molecular complexity index is 1320. The number of thiocarbonyl (C=S) groups is 1. The van der Waals surface area contributed by atoms with Crippen LogP contribution >= 0.6 is 24.0 Å². The lowest BCUT2D eigenvalue weighted by molar-refractivity contribution is -0.122. The Labute approximate surface area is 234 Å². The molecule has 3 heterocycles. The van der Waals surface area contributed by atoms with Crippen molar-refractivity contribution < 1.29 is 9.53 Å². The van der Waals surface area contributed by atoms with Crippen LogP contribution in [0.5, 0.6) is 0 Å². The van der Waals surface area contributed by atoms with Gasteiger partial charge in [0.15, 0.2) is 0 Å². The summed E-state index contributed by atoms with van der Waals surface area (Å²) < 4.78 is 7.33. The number of amides is 1. The average Bonchev–Trinajstić information content (AvgIpc) is 3.19. The van der Waals surface area contributed by atoms with Crippen LogP contribution in [0.2, 0.25) is 0 Å². The summed E-state index contributed by atoms with van der Waals surface area (Å²) in [5, 5.41) is 9.83. The number of ether oxygens (including phenoxy) is 1. The number of anilines is 1. The van der Waals surface area contributed by atoms with Gasteiger partial charge in [0.2, 0.25) is 0 Å². The molecule has 0 atom stereocenters. The molecule has 2 fully saturated rings. The van der Waals surface area contributed by atoms with Crippen LogP contribution < -0.4 is 10.5 Å². The van der Waals surface area contributed by atoms with E-state index in [0.717, 1.165) is 43.7 Å². The number of hydrogen-bond acceptors (Lipinski definition) is 7. The number of aromatic nitrogens is 1. The molecule has 4 rings (SSSR count). The molecule has 9 heteroatoms. The quantitative estimate of drug-likeness (QED) is 0.253. The van der Waals surface area contributed by atoms with Crippen molar-refractivity contribution >= 4 is 46.1 Å². The fourth-order valence-electron chi connectivity index (χ4n) is 5.27. The third-order valence-electron chi connectivity index (χ3n) is 7.32. The van der Waals surface area contributed by atoms with Gasteiger partial charge in [-0.2, -0.15) is 5.26 Å². The topological polar surface area (TPSA) is 78.6 Å². The molecule has 2 aromatic rings. The van der Waals surface area contributed by atoms with Gasteiger partial charge in [-0.15, -0.1) is 0 Å². The fraction of sp³-hybridized carbons (Fsp3) is 0.448. The second-order valence-corrected chi connectivity index (χ2v) is 11.4. The molecule has 200 valence electrons. The maximum absolute atomic E-state index is 13.3. The number of carbonyl (C=O) groups excluding carboxylic acids is 1. The number of thioether (sulfide) groups is 1. The highest BCUT2D eigenvalue weighted by molar-refractivity contribution is 8.26. The molecule has 38 heavy (non-hydrogen) atoms. The minimum absolute atomic E-state index is 0.122. The molecule has 1 amide bonds. The summed E-state index contributed by atoms with van der Waals surface area (Å²) in [6.45, 7) is 6.81. The van der Waals surface area contributed by atoms with Gasteiger partial charge < -0.3 is 9.64 Å². The third-order valence-corrected chi connectivity index (χ3v) is 8.70. The molecule has 0 spiro atoms. The minimum atomic E-state index is -0.279. The van der Waals surface area contributed by atoms with Gasteiger partial charge in [0, 0.05) is 45.5 Å². The average molecular weight is 551 g/mol. The van der Waals surface area contributed by atoms with Crippen LogP contribution in [0.15, 0.2) is 40.0 Å². The summed E-state index contributed by atoms with van der Waals surface area (Å²) in [6, 6.07) is 12.7. The maximum atomic E-state index is 13.3. The van der Waals surface area contributed by atoms with E-state index >= 15 is 0 Å². The summed E-state index contributed by atoms with van der Waals surface area (Å²) in [7, 11) is 1.63. The van der Waals surface area contributed by atoms with E-state index < -0.39 is 0 Å². The summed E-state index contributed by atoms with van der Waals surface area (Å²) in [5.74, 6) is 1.22. The molecule has 2 saturated heterocycles. The molecule has 0 radical (unpaired) electrons. The first-order chi connectivity index (χ1) is 18.4. The van der Waals surface area contributed by atoms with Crippen LogP contribution in [0.4, 0.5) is 5.82 Å². The molecule has 0 aliphatic carbocycles. The van der Waals surface area contributed by atoms with Crippen molar-refractivity contribution in [2.24, 2.45) is 5.92 Å². The van der Waals surface area contributed by atoms with E-state index in [2.05, 4.69) is 35.2 Å². The van der Waals surface area contributed by atoms with Crippen molar-refractivity contribution in [2.75, 3.05) is 38.3 Å². The van der Waals surface area contributed by atoms with Crippen molar-refractivity contribution in [2.45, 2.75) is 46.1 Å². The first kappa shape index (κ1) is 28.1. The molecule has 1 aromatic carbocycles. The van der Waals surface area contributed by atoms with E-state index in [9.17, 15) is 14.9 Å². The predicted octanol–water partition coefficient (Wildman–Crippen LogP) is 4.75. The zero-order valence-corrected chi connectivity index (χ0v) is 23.9. The molecule has 0 saturated carbocycles. The Kier molecular flexibility index (Phi) is 9.42. The Balaban J connectivity index is 1.68. The number of hydrogen-bond donors (Lipinski definition) is 0. The molecule has 0 N–H and O–H groups in total. The van der Waals surface area contributed by atoms with Crippen molar-refractivity contribution in [3.8, 4) is 6.07 Å². The molecular formula is C29H34N4O3S2. The first-order valence-corrected chi connectivity index (χ1v) is 14.3. The van der Waals surface area contributed by atoms with Crippen LogP contribution in [0.25, 0.3) is 6.08 Å². The van der Waals surface area contributed by atoms with E-state index in [1.807, 2.05) is 19.1 Å². The number of benzene rings is 1. The van der Waals surface area contributed by atoms with Gasteiger partial charge in [0.1, 0.15) is 21.8 Å². The molecule has 0 unspecified atom stereocenters. The second-order valence-electron chi connectivity index (χ2n) is 9.70. The Hall–Kier alpha value is -2.93. The highest BCUT2D eigenvalue weighted by Crippen LogP contribution is 2.37. The molecule has 7 nitrogen and oxygen atoms in total. The summed E-state index contributed by atoms with van der Waals surface area (Å²) in [4.78, 5) is 31.0. The number of rotatable bonds is 9. The molecule has 1 aromatic heterocycles. The van der Waals surface area contributed by atoms with E-state index in [0.29, 0.717) is 46.8 Å². The van der Waals surface area contributed by atoms with E-state index in [4.69, 9.17) is 17.0 Å². The lowest BCUT2D eigenvalue weighted by Gasteiger charge is -2.36. The monoisotopic (exact) mass is 550 g/mol. The predicted molar refractivity (Wildman–Crippen MR) is 157 cm³/mol. The lowest BCUT2D eigenvalue weighted by atomic mass is 9.90. The number of carbonyl (C=O) groups is 1. The van der Waals surface area contributed by atoms with Gasteiger partial charge in [0.05, 0.1) is 4.91 Å². The summed E-state index contributed by atoms with van der Waals surface area (Å²) >= 11 is 6.78. The van der Waals surface area contributed by atoms with E-state index in [1.165, 1.54) is 17.3 Å². The van der Waals surface area contributed by atoms with Gasteiger partial charge in [-0.25, -0.2) is 0 Å². The van der Waals surface area contributed by atoms with Crippen molar-refractivity contribution in [1.29, 1.82) is 5.26 Å². The number of methoxy groups -OCH3 is 1. The standard InChI is InChI=1S/C29H34N4O3S2/c1-4-32-26(31-14-11-22(12-15-31)17-21-9-6-5-7-10-21)23(20(2)24(19-30)27(32)34)18-25-28(35)33(29(37)38-25)13-8-16-36-3/h5-7,9-10,18,22H,4,8,11-17H2,1-3H3. The number of nitriles is 1. The smallest absolute Gasteiger partial charge is 0.270 e. The second kappa shape index (κ2) is 12.7. The fourth-order valence-corrected chi connectivity index (χ4v) is 6.56. The van der Waals surface area contributed by atoms with Crippen LogP contribution in [-0.4, -0.2) is 53.0 Å². The van der Waals surface area contributed by atoms with E-state index in [1.54, 1.807) is 23.5 Å². The number of nitrogens with zero attached hydrogens (tertiary/aromatic N) is 4. The van der Waals surface area contributed by atoms with Crippen molar-refractivity contribution in [3.63, 3.8) is 0 Å². The van der Waals surface area contributed by atoms with Gasteiger partial charge in [-0.3, -0.25) is 19.1 Å². The number of pyridine rings is 1. The first-order valence-electron chi connectivity index (χ1n) is 13.1. The zero-order chi connectivity index (χ0) is 27.2. The Morgan fingerprint density at radius 2 is 1.92 bits per heavy atom. The van der Waals surface area contributed by atoms with Crippen LogP contribution in [0.3, 0.4) is 0 Å². The molecule has 2 aliphatic rings. The van der Waals surface area contributed by atoms with Crippen LogP contribution in [0.1, 0.15) is 48.4 Å². The van der Waals surface area contributed by atoms with Crippen LogP contribution in [-0.2, 0) is 22.5 Å². The minimum Gasteiger partial charge on any atom is -0.385 e. The molecule has 2 aliphatic heterocycles. The molecular weight excluding hydrogens is 516 g/mol. The van der Waals surface area contributed by atoms with Crippen molar-refractivity contribution in [1.82, 2.24) is 9.47 Å². The number of piperidine rings is 1. The summed E-state index contributed by atoms with van der Waals surface area (Å²) in [6.07, 6.45) is 5.58. The lowest BCUT2D eigenvalue weighted by Crippen LogP contribution is -2.39. The van der Waals surface area contributed by atoms with Crippen LogP contribution in [0, 0.1) is 24.2 Å². The SMILES string of the molecule is CCn1c(N2CCC(Cc3ccccc3)CC2)c(C=C2SC(=S)N(CCCOC)C2=O)c(C)c(C#N)c1=O.